The van der Waals surface area contributed by atoms with E-state index in [4.69, 9.17) is 0 Å². The molecule has 2 atom stereocenters. The van der Waals surface area contributed by atoms with Gasteiger partial charge in [0.05, 0.1) is 18.3 Å². The Kier molecular flexibility index (Phi) is 5.03. The standard InChI is InChI=1S/C18H24N4O3/c1-11(2)22-17-13(10-19-22)9-12(18(25)21-17)7-8-16(24)20-14-5-3-4-6-15(14)23/h7-11,14-15,23H,3-6H2,1-2H3,(H,20,24)(H,21,25)/b8-7+. The van der Waals surface area contributed by atoms with Gasteiger partial charge in [-0.3, -0.25) is 9.59 Å². The topological polar surface area (TPSA) is 100 Å². The fourth-order valence-electron chi connectivity index (χ4n) is 3.21. The normalized spacial score (nSPS) is 21.3. The van der Waals surface area contributed by atoms with Crippen molar-refractivity contribution in [3.05, 3.63) is 34.3 Å². The minimum Gasteiger partial charge on any atom is -0.391 e. The molecule has 0 radical (unpaired) electrons. The van der Waals surface area contributed by atoms with E-state index < -0.39 is 6.10 Å². The lowest BCUT2D eigenvalue weighted by atomic mass is 9.92. The Morgan fingerprint density at radius 3 is 2.92 bits per heavy atom. The van der Waals surface area contributed by atoms with Crippen LogP contribution in [-0.4, -0.2) is 37.9 Å². The summed E-state index contributed by atoms with van der Waals surface area (Å²) in [4.78, 5) is 27.1. The molecule has 1 amide bonds. The summed E-state index contributed by atoms with van der Waals surface area (Å²) < 4.78 is 1.75. The molecule has 3 N–H and O–H groups in total. The number of nitrogens with one attached hydrogen (secondary N) is 2. The van der Waals surface area contributed by atoms with Crippen molar-refractivity contribution in [3.63, 3.8) is 0 Å². The van der Waals surface area contributed by atoms with E-state index in [-0.39, 0.29) is 23.6 Å². The monoisotopic (exact) mass is 344 g/mol. The highest BCUT2D eigenvalue weighted by Gasteiger charge is 2.23. The smallest absolute Gasteiger partial charge is 0.256 e. The first-order chi connectivity index (χ1) is 12.0. The number of carbonyl (C=O) groups is 1. The number of hydrogen-bond acceptors (Lipinski definition) is 4. The van der Waals surface area contributed by atoms with Crippen LogP contribution in [0.2, 0.25) is 0 Å². The molecule has 0 bridgehead atoms. The molecule has 1 saturated carbocycles. The molecule has 1 aliphatic carbocycles. The van der Waals surface area contributed by atoms with E-state index in [1.54, 1.807) is 16.9 Å². The van der Waals surface area contributed by atoms with E-state index in [0.29, 0.717) is 17.6 Å². The first-order valence-corrected chi connectivity index (χ1v) is 8.73. The van der Waals surface area contributed by atoms with Crippen LogP contribution in [0.3, 0.4) is 0 Å². The summed E-state index contributed by atoms with van der Waals surface area (Å²) in [6, 6.07) is 1.65. The molecule has 0 spiro atoms. The second kappa shape index (κ2) is 7.23. The summed E-state index contributed by atoms with van der Waals surface area (Å²) in [7, 11) is 0. The van der Waals surface area contributed by atoms with Gasteiger partial charge < -0.3 is 15.4 Å². The predicted octanol–water partition coefficient (Wildman–Crippen LogP) is 1.74. The lowest BCUT2D eigenvalue weighted by Gasteiger charge is -2.27. The SMILES string of the molecule is CC(C)n1ncc2cc(/C=C/C(=O)NC3CCCCC3O)c(=O)[nH]c21. The van der Waals surface area contributed by atoms with Gasteiger partial charge in [0.1, 0.15) is 5.65 Å². The van der Waals surface area contributed by atoms with E-state index in [2.05, 4.69) is 15.4 Å². The fraction of sp³-hybridized carbons (Fsp3) is 0.500. The zero-order chi connectivity index (χ0) is 18.0. The lowest BCUT2D eigenvalue weighted by Crippen LogP contribution is -2.44. The molecule has 0 aromatic carbocycles. The van der Waals surface area contributed by atoms with Crippen LogP contribution in [-0.2, 0) is 4.79 Å². The van der Waals surface area contributed by atoms with E-state index in [1.165, 1.54) is 12.2 Å². The molecule has 0 aliphatic heterocycles. The third-order valence-corrected chi connectivity index (χ3v) is 4.59. The highest BCUT2D eigenvalue weighted by Crippen LogP contribution is 2.18. The summed E-state index contributed by atoms with van der Waals surface area (Å²) in [5.41, 5.74) is 0.804. The van der Waals surface area contributed by atoms with Crippen LogP contribution in [0.25, 0.3) is 17.1 Å². The van der Waals surface area contributed by atoms with Crippen LogP contribution in [0.5, 0.6) is 0 Å². The number of aliphatic hydroxyl groups excluding tert-OH is 1. The number of pyridine rings is 1. The van der Waals surface area contributed by atoms with E-state index >= 15 is 0 Å². The van der Waals surface area contributed by atoms with E-state index in [9.17, 15) is 14.7 Å². The number of aromatic amines is 1. The molecular formula is C18H24N4O3. The Morgan fingerprint density at radius 1 is 1.44 bits per heavy atom. The molecule has 2 aromatic rings. The molecule has 3 rings (SSSR count). The van der Waals surface area contributed by atoms with Crippen molar-refractivity contribution < 1.29 is 9.90 Å². The third-order valence-electron chi connectivity index (χ3n) is 4.59. The summed E-state index contributed by atoms with van der Waals surface area (Å²) >= 11 is 0. The average Bonchev–Trinajstić information content (AvgIpc) is 2.97. The predicted molar refractivity (Wildman–Crippen MR) is 96.2 cm³/mol. The van der Waals surface area contributed by atoms with Gasteiger partial charge in [0.2, 0.25) is 5.91 Å². The Hall–Kier alpha value is -2.41. The molecule has 1 fully saturated rings. The lowest BCUT2D eigenvalue weighted by molar-refractivity contribution is -0.118. The number of amides is 1. The zero-order valence-electron chi connectivity index (χ0n) is 14.5. The number of aromatic nitrogens is 3. The maximum Gasteiger partial charge on any atom is 0.256 e. The van der Waals surface area contributed by atoms with Crippen LogP contribution < -0.4 is 10.9 Å². The Bertz CT molecular complexity index is 850. The van der Waals surface area contributed by atoms with Crippen LogP contribution in [0, 0.1) is 0 Å². The number of aliphatic hydroxyl groups is 1. The van der Waals surface area contributed by atoms with Crippen LogP contribution in [0.4, 0.5) is 0 Å². The second-order valence-corrected chi connectivity index (χ2v) is 6.84. The zero-order valence-corrected chi connectivity index (χ0v) is 14.5. The van der Waals surface area contributed by atoms with Crippen LogP contribution >= 0.6 is 0 Å². The molecule has 7 nitrogen and oxygen atoms in total. The van der Waals surface area contributed by atoms with Crippen molar-refractivity contribution in [3.8, 4) is 0 Å². The minimum absolute atomic E-state index is 0.141. The van der Waals surface area contributed by atoms with Gasteiger partial charge in [0, 0.05) is 23.1 Å². The molecule has 7 heteroatoms. The van der Waals surface area contributed by atoms with Gasteiger partial charge in [-0.2, -0.15) is 5.10 Å². The molecule has 2 unspecified atom stereocenters. The second-order valence-electron chi connectivity index (χ2n) is 6.84. The summed E-state index contributed by atoms with van der Waals surface area (Å²) in [6.45, 7) is 3.98. The van der Waals surface area contributed by atoms with Crippen LogP contribution in [0.1, 0.15) is 51.1 Å². The van der Waals surface area contributed by atoms with Gasteiger partial charge >= 0.3 is 0 Å². The molecule has 0 saturated heterocycles. The third kappa shape index (κ3) is 3.82. The first-order valence-electron chi connectivity index (χ1n) is 8.73. The van der Waals surface area contributed by atoms with E-state index in [1.807, 2.05) is 13.8 Å². The van der Waals surface area contributed by atoms with Gasteiger partial charge in [-0.1, -0.05) is 12.8 Å². The van der Waals surface area contributed by atoms with Crippen molar-refractivity contribution in [2.24, 2.45) is 0 Å². The molecule has 134 valence electrons. The Morgan fingerprint density at radius 2 is 2.20 bits per heavy atom. The van der Waals surface area contributed by atoms with Crippen molar-refractivity contribution in [2.45, 2.75) is 57.7 Å². The molecule has 25 heavy (non-hydrogen) atoms. The first kappa shape index (κ1) is 17.4. The molecule has 1 aliphatic rings. The summed E-state index contributed by atoms with van der Waals surface area (Å²) in [6.07, 6.45) is 7.52. The van der Waals surface area contributed by atoms with Gasteiger partial charge in [-0.05, 0) is 38.8 Å². The molecular weight excluding hydrogens is 320 g/mol. The number of hydrogen-bond donors (Lipinski definition) is 3. The highest BCUT2D eigenvalue weighted by atomic mass is 16.3. The summed E-state index contributed by atoms with van der Waals surface area (Å²) in [5.74, 6) is -0.302. The Labute approximate surface area is 145 Å². The van der Waals surface area contributed by atoms with Gasteiger partial charge in [-0.25, -0.2) is 4.68 Å². The van der Waals surface area contributed by atoms with Crippen molar-refractivity contribution in [1.82, 2.24) is 20.1 Å². The van der Waals surface area contributed by atoms with Gasteiger partial charge in [-0.15, -0.1) is 0 Å². The quantitative estimate of drug-likeness (QED) is 0.736. The van der Waals surface area contributed by atoms with Crippen molar-refractivity contribution >= 4 is 23.0 Å². The Balaban J connectivity index is 1.75. The number of rotatable bonds is 4. The largest absolute Gasteiger partial charge is 0.391 e. The van der Waals surface area contributed by atoms with Crippen molar-refractivity contribution in [1.29, 1.82) is 0 Å². The highest BCUT2D eigenvalue weighted by molar-refractivity contribution is 5.92. The number of H-pyrrole nitrogens is 1. The minimum atomic E-state index is -0.493. The van der Waals surface area contributed by atoms with Gasteiger partial charge in [0.15, 0.2) is 0 Å². The number of carbonyl (C=O) groups excluding carboxylic acids is 1. The summed E-state index contributed by atoms with van der Waals surface area (Å²) in [5, 5.41) is 17.8. The fourth-order valence-corrected chi connectivity index (χ4v) is 3.21. The maximum atomic E-state index is 12.2. The molecule has 2 aromatic heterocycles. The van der Waals surface area contributed by atoms with E-state index in [0.717, 1.165) is 24.6 Å². The number of nitrogens with zero attached hydrogens (tertiary/aromatic N) is 2. The van der Waals surface area contributed by atoms with Gasteiger partial charge in [0.25, 0.3) is 5.56 Å². The van der Waals surface area contributed by atoms with Crippen LogP contribution in [0.15, 0.2) is 23.1 Å². The molecule has 2 heterocycles. The van der Waals surface area contributed by atoms with Crippen molar-refractivity contribution in [2.75, 3.05) is 0 Å². The average molecular weight is 344 g/mol. The maximum absolute atomic E-state index is 12.2. The number of fused-ring (bicyclic) bond motifs is 1.